The molecular weight excluding hydrogens is 250 g/mol. The highest BCUT2D eigenvalue weighted by atomic mass is 32.2. The number of pyridine rings is 1. The molecule has 18 heavy (non-hydrogen) atoms. The third-order valence-electron chi connectivity index (χ3n) is 3.09. The zero-order valence-electron chi connectivity index (χ0n) is 9.96. The maximum Gasteiger partial charge on any atom is 0.243 e. The van der Waals surface area contributed by atoms with Crippen LogP contribution in [0.5, 0.6) is 0 Å². The van der Waals surface area contributed by atoms with Crippen LogP contribution in [0.4, 0.5) is 0 Å². The van der Waals surface area contributed by atoms with Gasteiger partial charge in [-0.1, -0.05) is 19.3 Å². The predicted octanol–water partition coefficient (Wildman–Crippen LogP) is 1.56. The molecule has 96 valence electrons. The summed E-state index contributed by atoms with van der Waals surface area (Å²) in [4.78, 5) is 3.75. The number of sulfonamides is 1. The second-order valence-electron chi connectivity index (χ2n) is 4.42. The minimum Gasteiger partial charge on any atom is -0.244 e. The van der Waals surface area contributed by atoms with Crippen LogP contribution in [0.1, 0.15) is 37.8 Å². The van der Waals surface area contributed by atoms with Crippen LogP contribution >= 0.6 is 0 Å². The van der Waals surface area contributed by atoms with Gasteiger partial charge in [0.15, 0.2) is 5.69 Å². The Morgan fingerprint density at radius 3 is 2.72 bits per heavy atom. The van der Waals surface area contributed by atoms with Crippen LogP contribution in [0.2, 0.25) is 0 Å². The van der Waals surface area contributed by atoms with E-state index in [9.17, 15) is 8.42 Å². The molecule has 0 radical (unpaired) electrons. The molecule has 5 nitrogen and oxygen atoms in total. The summed E-state index contributed by atoms with van der Waals surface area (Å²) in [5.41, 5.74) is -0.0548. The SMILES string of the molecule is N#Cc1ncccc1S(=O)(=O)NC1CCCCC1. The van der Waals surface area contributed by atoms with Gasteiger partial charge in [0, 0.05) is 12.2 Å². The predicted molar refractivity (Wildman–Crippen MR) is 66.1 cm³/mol. The van der Waals surface area contributed by atoms with Gasteiger partial charge in [0.2, 0.25) is 10.0 Å². The average Bonchev–Trinajstić information content (AvgIpc) is 2.39. The molecule has 1 aromatic rings. The lowest BCUT2D eigenvalue weighted by Crippen LogP contribution is -2.36. The van der Waals surface area contributed by atoms with Gasteiger partial charge in [0.05, 0.1) is 0 Å². The van der Waals surface area contributed by atoms with Crippen molar-refractivity contribution in [3.8, 4) is 6.07 Å². The fraction of sp³-hybridized carbons (Fsp3) is 0.500. The lowest BCUT2D eigenvalue weighted by atomic mass is 9.96. The molecule has 2 rings (SSSR count). The van der Waals surface area contributed by atoms with Crippen LogP contribution in [-0.2, 0) is 10.0 Å². The Labute approximate surface area is 107 Å². The van der Waals surface area contributed by atoms with Crippen molar-refractivity contribution in [2.24, 2.45) is 0 Å². The van der Waals surface area contributed by atoms with Gasteiger partial charge in [-0.3, -0.25) is 0 Å². The normalized spacial score (nSPS) is 17.3. The van der Waals surface area contributed by atoms with Gasteiger partial charge in [-0.05, 0) is 25.0 Å². The smallest absolute Gasteiger partial charge is 0.243 e. The first kappa shape index (κ1) is 13.0. The summed E-state index contributed by atoms with van der Waals surface area (Å²) >= 11 is 0. The van der Waals surface area contributed by atoms with Crippen molar-refractivity contribution in [1.82, 2.24) is 9.71 Å². The molecular formula is C12H15N3O2S. The van der Waals surface area contributed by atoms with Crippen molar-refractivity contribution >= 4 is 10.0 Å². The van der Waals surface area contributed by atoms with Gasteiger partial charge in [-0.25, -0.2) is 18.1 Å². The monoisotopic (exact) mass is 265 g/mol. The average molecular weight is 265 g/mol. The minimum absolute atomic E-state index is 0.0181. The molecule has 1 aliphatic carbocycles. The number of nitriles is 1. The third-order valence-corrected chi connectivity index (χ3v) is 4.65. The second kappa shape index (κ2) is 5.46. The molecule has 0 aromatic carbocycles. The number of hydrogen-bond acceptors (Lipinski definition) is 4. The summed E-state index contributed by atoms with van der Waals surface area (Å²) in [6, 6.07) is 4.73. The van der Waals surface area contributed by atoms with Crippen LogP contribution in [0.25, 0.3) is 0 Å². The van der Waals surface area contributed by atoms with Crippen LogP contribution in [0.3, 0.4) is 0 Å². The Kier molecular flexibility index (Phi) is 3.94. The summed E-state index contributed by atoms with van der Waals surface area (Å²) in [5, 5.41) is 8.88. The number of rotatable bonds is 3. The van der Waals surface area contributed by atoms with E-state index in [1.807, 2.05) is 6.07 Å². The second-order valence-corrected chi connectivity index (χ2v) is 6.10. The first-order valence-electron chi connectivity index (χ1n) is 6.01. The van der Waals surface area contributed by atoms with Crippen molar-refractivity contribution in [3.05, 3.63) is 24.0 Å². The van der Waals surface area contributed by atoms with Crippen LogP contribution in [0, 0.1) is 11.3 Å². The van der Waals surface area contributed by atoms with Gasteiger partial charge in [-0.2, -0.15) is 5.26 Å². The highest BCUT2D eigenvalue weighted by molar-refractivity contribution is 7.89. The van der Waals surface area contributed by atoms with Crippen molar-refractivity contribution < 1.29 is 8.42 Å². The van der Waals surface area contributed by atoms with Crippen LogP contribution < -0.4 is 4.72 Å². The number of nitrogens with one attached hydrogen (secondary N) is 1. The van der Waals surface area contributed by atoms with E-state index in [0.29, 0.717) is 0 Å². The van der Waals surface area contributed by atoms with E-state index in [1.54, 1.807) is 0 Å². The fourth-order valence-corrected chi connectivity index (χ4v) is 3.61. The zero-order chi connectivity index (χ0) is 13.0. The first-order chi connectivity index (χ1) is 8.63. The van der Waals surface area contributed by atoms with E-state index in [4.69, 9.17) is 5.26 Å². The molecule has 0 spiro atoms. The van der Waals surface area contributed by atoms with Crippen molar-refractivity contribution in [1.29, 1.82) is 5.26 Å². The van der Waals surface area contributed by atoms with E-state index in [1.165, 1.54) is 18.3 Å². The van der Waals surface area contributed by atoms with Gasteiger partial charge < -0.3 is 0 Å². The molecule has 1 saturated carbocycles. The van der Waals surface area contributed by atoms with Gasteiger partial charge >= 0.3 is 0 Å². The molecule has 0 unspecified atom stereocenters. The van der Waals surface area contributed by atoms with Crippen LogP contribution in [0.15, 0.2) is 23.2 Å². The van der Waals surface area contributed by atoms with E-state index >= 15 is 0 Å². The maximum atomic E-state index is 12.2. The molecule has 6 heteroatoms. The van der Waals surface area contributed by atoms with Gasteiger partial charge in [0.1, 0.15) is 11.0 Å². The first-order valence-corrected chi connectivity index (χ1v) is 7.49. The van der Waals surface area contributed by atoms with Crippen molar-refractivity contribution in [2.75, 3.05) is 0 Å². The molecule has 1 heterocycles. The van der Waals surface area contributed by atoms with Crippen LogP contribution in [-0.4, -0.2) is 19.4 Å². The highest BCUT2D eigenvalue weighted by Gasteiger charge is 2.24. The van der Waals surface area contributed by atoms with Gasteiger partial charge in [0.25, 0.3) is 0 Å². The zero-order valence-corrected chi connectivity index (χ0v) is 10.8. The standard InChI is InChI=1S/C12H15N3O2S/c13-9-11-12(7-4-8-14-11)18(16,17)15-10-5-2-1-3-6-10/h4,7-8,10,15H,1-3,5-6H2. The van der Waals surface area contributed by atoms with Gasteiger partial charge in [-0.15, -0.1) is 0 Å². The Hall–Kier alpha value is -1.45. The van der Waals surface area contributed by atoms with Crippen molar-refractivity contribution in [2.45, 2.75) is 43.0 Å². The Balaban J connectivity index is 2.22. The molecule has 0 saturated heterocycles. The summed E-state index contributed by atoms with van der Waals surface area (Å²) in [7, 11) is -3.64. The van der Waals surface area contributed by atoms with E-state index < -0.39 is 10.0 Å². The lowest BCUT2D eigenvalue weighted by Gasteiger charge is -2.22. The topological polar surface area (TPSA) is 82.8 Å². The molecule has 1 aromatic heterocycles. The minimum atomic E-state index is -3.64. The van der Waals surface area contributed by atoms with E-state index in [0.717, 1.165) is 32.1 Å². The number of hydrogen-bond donors (Lipinski definition) is 1. The highest BCUT2D eigenvalue weighted by Crippen LogP contribution is 2.20. The van der Waals surface area contributed by atoms with Crippen molar-refractivity contribution in [3.63, 3.8) is 0 Å². The maximum absolute atomic E-state index is 12.2. The number of aromatic nitrogens is 1. The molecule has 1 fully saturated rings. The molecule has 1 N–H and O–H groups in total. The summed E-state index contributed by atoms with van der Waals surface area (Å²) in [6.07, 6.45) is 6.40. The molecule has 1 aliphatic rings. The third kappa shape index (κ3) is 2.86. The lowest BCUT2D eigenvalue weighted by molar-refractivity contribution is 0.412. The fourth-order valence-electron chi connectivity index (χ4n) is 2.19. The van der Waals surface area contributed by atoms with E-state index in [-0.39, 0.29) is 16.6 Å². The summed E-state index contributed by atoms with van der Waals surface area (Å²) in [6.45, 7) is 0. The summed E-state index contributed by atoms with van der Waals surface area (Å²) < 4.78 is 27.0. The molecule has 0 bridgehead atoms. The number of nitrogens with zero attached hydrogens (tertiary/aromatic N) is 2. The quantitative estimate of drug-likeness (QED) is 0.899. The molecule has 0 atom stereocenters. The molecule has 0 amide bonds. The summed E-state index contributed by atoms with van der Waals surface area (Å²) in [5.74, 6) is 0. The Bertz CT molecular complexity index is 557. The largest absolute Gasteiger partial charge is 0.244 e. The Morgan fingerprint density at radius 2 is 2.06 bits per heavy atom. The molecule has 0 aliphatic heterocycles. The Morgan fingerprint density at radius 1 is 1.33 bits per heavy atom. The van der Waals surface area contributed by atoms with E-state index in [2.05, 4.69) is 9.71 Å².